The standard InChI is InChI=1S/C26H32BrN5O2/c1-3-30-13-15-31(16-14-30)24(33)11-12-32(17-18-34-2)26-22-9-4-5-10-23(22)28-25(29-26)20-7-6-8-21(27)19-20/h4-10,19H,3,11-18H2,1-2H3. The monoisotopic (exact) mass is 525 g/mol. The maximum absolute atomic E-state index is 13.0. The fourth-order valence-electron chi connectivity index (χ4n) is 4.28. The molecule has 1 amide bonds. The van der Waals surface area contributed by atoms with Gasteiger partial charge in [-0.05, 0) is 30.8 Å². The van der Waals surface area contributed by atoms with Crippen molar-refractivity contribution in [2.75, 3.05) is 64.4 Å². The van der Waals surface area contributed by atoms with Crippen molar-refractivity contribution < 1.29 is 9.53 Å². The van der Waals surface area contributed by atoms with E-state index in [1.54, 1.807) is 7.11 Å². The van der Waals surface area contributed by atoms with Crippen LogP contribution in [-0.4, -0.2) is 85.2 Å². The maximum atomic E-state index is 13.0. The summed E-state index contributed by atoms with van der Waals surface area (Å²) in [6.45, 7) is 8.47. The number of hydrogen-bond acceptors (Lipinski definition) is 6. The number of fused-ring (bicyclic) bond motifs is 1. The minimum atomic E-state index is 0.198. The van der Waals surface area contributed by atoms with Crippen LogP contribution in [0.4, 0.5) is 5.82 Å². The molecule has 0 unspecified atom stereocenters. The van der Waals surface area contributed by atoms with Gasteiger partial charge in [-0.1, -0.05) is 47.1 Å². The van der Waals surface area contributed by atoms with E-state index in [9.17, 15) is 4.79 Å². The van der Waals surface area contributed by atoms with Crippen molar-refractivity contribution >= 4 is 38.6 Å². The molecule has 0 saturated carbocycles. The van der Waals surface area contributed by atoms with Gasteiger partial charge in [-0.2, -0.15) is 0 Å². The van der Waals surface area contributed by atoms with Crippen molar-refractivity contribution in [3.05, 3.63) is 53.0 Å². The summed E-state index contributed by atoms with van der Waals surface area (Å²) in [4.78, 5) is 29.3. The van der Waals surface area contributed by atoms with E-state index < -0.39 is 0 Å². The first kappa shape index (κ1) is 24.6. The van der Waals surface area contributed by atoms with Gasteiger partial charge in [-0.3, -0.25) is 4.79 Å². The third kappa shape index (κ3) is 5.92. The number of benzene rings is 2. The van der Waals surface area contributed by atoms with E-state index in [-0.39, 0.29) is 5.91 Å². The summed E-state index contributed by atoms with van der Waals surface area (Å²) < 4.78 is 6.37. The minimum Gasteiger partial charge on any atom is -0.383 e. The lowest BCUT2D eigenvalue weighted by atomic mass is 10.1. The lowest BCUT2D eigenvalue weighted by molar-refractivity contribution is -0.132. The van der Waals surface area contributed by atoms with Gasteiger partial charge in [0.1, 0.15) is 5.82 Å². The molecule has 4 rings (SSSR count). The number of aromatic nitrogens is 2. The highest BCUT2D eigenvalue weighted by Crippen LogP contribution is 2.29. The quantitative estimate of drug-likeness (QED) is 0.419. The Morgan fingerprint density at radius 1 is 1.06 bits per heavy atom. The predicted octanol–water partition coefficient (Wildman–Crippen LogP) is 4.07. The molecule has 0 aliphatic carbocycles. The Morgan fingerprint density at radius 3 is 2.59 bits per heavy atom. The third-order valence-electron chi connectivity index (χ3n) is 6.30. The van der Waals surface area contributed by atoms with Crippen LogP contribution in [0.5, 0.6) is 0 Å². The van der Waals surface area contributed by atoms with Crippen LogP contribution >= 0.6 is 15.9 Å². The molecule has 8 heteroatoms. The van der Waals surface area contributed by atoms with E-state index in [4.69, 9.17) is 14.7 Å². The topological polar surface area (TPSA) is 61.8 Å². The number of para-hydroxylation sites is 1. The highest BCUT2D eigenvalue weighted by atomic mass is 79.9. The first-order chi connectivity index (χ1) is 16.6. The Kier molecular flexibility index (Phi) is 8.48. The van der Waals surface area contributed by atoms with Crippen molar-refractivity contribution in [2.45, 2.75) is 13.3 Å². The summed E-state index contributed by atoms with van der Waals surface area (Å²) in [7, 11) is 1.70. The van der Waals surface area contributed by atoms with Crippen LogP contribution in [0.25, 0.3) is 22.3 Å². The van der Waals surface area contributed by atoms with Crippen molar-refractivity contribution in [1.82, 2.24) is 19.8 Å². The van der Waals surface area contributed by atoms with Crippen LogP contribution in [0.2, 0.25) is 0 Å². The molecular formula is C26H32BrN5O2. The maximum Gasteiger partial charge on any atom is 0.224 e. The van der Waals surface area contributed by atoms with Gasteiger partial charge < -0.3 is 19.4 Å². The van der Waals surface area contributed by atoms with E-state index in [2.05, 4.69) is 32.7 Å². The van der Waals surface area contributed by atoms with E-state index in [0.717, 1.165) is 59.5 Å². The molecule has 0 bridgehead atoms. The van der Waals surface area contributed by atoms with Gasteiger partial charge >= 0.3 is 0 Å². The van der Waals surface area contributed by atoms with E-state index in [0.29, 0.717) is 31.9 Å². The van der Waals surface area contributed by atoms with Gasteiger partial charge in [0, 0.05) is 68.2 Å². The average molecular weight is 526 g/mol. The molecule has 1 aliphatic rings. The normalized spacial score (nSPS) is 14.5. The van der Waals surface area contributed by atoms with E-state index >= 15 is 0 Å². The lowest BCUT2D eigenvalue weighted by Gasteiger charge is -2.34. The Morgan fingerprint density at radius 2 is 1.85 bits per heavy atom. The zero-order valence-electron chi connectivity index (χ0n) is 19.9. The second-order valence-corrected chi connectivity index (χ2v) is 9.36. The fraction of sp³-hybridized carbons (Fsp3) is 0.423. The smallest absolute Gasteiger partial charge is 0.224 e. The molecule has 1 aliphatic heterocycles. The first-order valence-corrected chi connectivity index (χ1v) is 12.6. The molecule has 7 nitrogen and oxygen atoms in total. The van der Waals surface area contributed by atoms with Crippen molar-refractivity contribution in [2.24, 2.45) is 0 Å². The molecular weight excluding hydrogens is 494 g/mol. The molecule has 2 aromatic carbocycles. The molecule has 1 saturated heterocycles. The Balaban J connectivity index is 1.60. The van der Waals surface area contributed by atoms with Crippen molar-refractivity contribution in [1.29, 1.82) is 0 Å². The molecule has 180 valence electrons. The van der Waals surface area contributed by atoms with Crippen LogP contribution in [-0.2, 0) is 9.53 Å². The number of piperazine rings is 1. The Labute approximate surface area is 209 Å². The number of halogens is 1. The van der Waals surface area contributed by atoms with Gasteiger partial charge in [0.25, 0.3) is 0 Å². The largest absolute Gasteiger partial charge is 0.383 e. The molecule has 0 spiro atoms. The Hall–Kier alpha value is -2.55. The number of rotatable bonds is 9. The third-order valence-corrected chi connectivity index (χ3v) is 6.79. The van der Waals surface area contributed by atoms with E-state index in [1.807, 2.05) is 53.4 Å². The minimum absolute atomic E-state index is 0.198. The number of carbonyl (C=O) groups excluding carboxylic acids is 1. The van der Waals surface area contributed by atoms with Crippen molar-refractivity contribution in [3.8, 4) is 11.4 Å². The van der Waals surface area contributed by atoms with E-state index in [1.165, 1.54) is 0 Å². The zero-order valence-corrected chi connectivity index (χ0v) is 21.5. The Bertz CT molecular complexity index is 1120. The number of likely N-dealkylation sites (N-methyl/N-ethyl adjacent to an activating group) is 1. The molecule has 34 heavy (non-hydrogen) atoms. The SMILES string of the molecule is CCN1CCN(C(=O)CCN(CCOC)c2nc(-c3cccc(Br)c3)nc3ccccc23)CC1. The van der Waals surface area contributed by atoms with Crippen LogP contribution in [0, 0.1) is 0 Å². The zero-order chi connectivity index (χ0) is 23.9. The number of carbonyl (C=O) groups is 1. The summed E-state index contributed by atoms with van der Waals surface area (Å²) in [6.07, 6.45) is 0.445. The van der Waals surface area contributed by atoms with Gasteiger partial charge in [-0.25, -0.2) is 9.97 Å². The van der Waals surface area contributed by atoms with Crippen LogP contribution in [0.1, 0.15) is 13.3 Å². The predicted molar refractivity (Wildman–Crippen MR) is 140 cm³/mol. The summed E-state index contributed by atoms with van der Waals surface area (Å²) >= 11 is 3.55. The summed E-state index contributed by atoms with van der Waals surface area (Å²) in [5.41, 5.74) is 1.82. The molecule has 0 N–H and O–H groups in total. The second kappa shape index (κ2) is 11.7. The van der Waals surface area contributed by atoms with Crippen LogP contribution in [0.15, 0.2) is 53.0 Å². The van der Waals surface area contributed by atoms with Crippen molar-refractivity contribution in [3.63, 3.8) is 0 Å². The molecule has 1 aromatic heterocycles. The van der Waals surface area contributed by atoms with Crippen LogP contribution in [0.3, 0.4) is 0 Å². The molecule has 3 aromatic rings. The van der Waals surface area contributed by atoms with Gasteiger partial charge in [0.05, 0.1) is 12.1 Å². The van der Waals surface area contributed by atoms with Gasteiger partial charge in [0.15, 0.2) is 5.82 Å². The number of ether oxygens (including phenoxy) is 1. The molecule has 0 atom stereocenters. The molecule has 1 fully saturated rings. The number of anilines is 1. The molecule has 2 heterocycles. The lowest BCUT2D eigenvalue weighted by Crippen LogP contribution is -2.49. The summed E-state index contributed by atoms with van der Waals surface area (Å²) in [5, 5.41) is 0.973. The number of methoxy groups -OCH3 is 1. The first-order valence-electron chi connectivity index (χ1n) is 11.9. The van der Waals surface area contributed by atoms with Gasteiger partial charge in [0.2, 0.25) is 5.91 Å². The fourth-order valence-corrected chi connectivity index (χ4v) is 4.68. The highest BCUT2D eigenvalue weighted by Gasteiger charge is 2.22. The molecule has 0 radical (unpaired) electrons. The number of hydrogen-bond donors (Lipinski definition) is 0. The summed E-state index contributed by atoms with van der Waals surface area (Å²) in [5.74, 6) is 1.70. The number of amides is 1. The average Bonchev–Trinajstić information content (AvgIpc) is 2.88. The summed E-state index contributed by atoms with van der Waals surface area (Å²) in [6, 6.07) is 16.0. The van der Waals surface area contributed by atoms with Crippen LogP contribution < -0.4 is 4.90 Å². The second-order valence-electron chi connectivity index (χ2n) is 8.44. The number of nitrogens with zero attached hydrogens (tertiary/aromatic N) is 5. The van der Waals surface area contributed by atoms with Gasteiger partial charge in [-0.15, -0.1) is 0 Å². The highest BCUT2D eigenvalue weighted by molar-refractivity contribution is 9.10.